The van der Waals surface area contributed by atoms with Gasteiger partial charge in [-0.05, 0) is 91.6 Å². The van der Waals surface area contributed by atoms with Gasteiger partial charge in [-0.3, -0.25) is 0 Å². The number of pyridine rings is 4. The Labute approximate surface area is 507 Å². The van der Waals surface area contributed by atoms with E-state index < -0.39 is 115 Å². The molecule has 6 aromatic heterocycles. The summed E-state index contributed by atoms with van der Waals surface area (Å²) >= 11 is 0. The standard InChI is InChI=1S/C72H30F12N8/c73-45-25-49(77)69(81)89-65(45)53-57-37-17-29-9-1-2-10-30(29)18-38(37)58(85-57)54(66-46(74)26-50(78)70(82)90-66)60-41-21-33-13-5-6-14-34(33)22-42(41)62(87-60)56(68-48(76)28-52(80)72(84)92-68)64-44-24-36-16-8-7-15-35(36)23-43(44)63(88-64)55(67-47(75)27-51(79)71(83)91-67)61-40-20-32-12-4-3-11-31(32)19-39(40)59(53)86-61/h1-28,85,88H. The molecule has 8 nitrogen and oxygen atoms in total. The Morgan fingerprint density at radius 3 is 0.609 bits per heavy atom. The summed E-state index contributed by atoms with van der Waals surface area (Å²) in [6, 6.07) is 41.3. The maximum absolute atomic E-state index is 17.5. The van der Waals surface area contributed by atoms with Crippen LogP contribution >= 0.6 is 0 Å². The lowest BCUT2D eigenvalue weighted by Crippen LogP contribution is -2.00. The molecule has 1 aliphatic carbocycles. The first-order chi connectivity index (χ1) is 44.5. The van der Waals surface area contributed by atoms with Crippen LogP contribution in [0.25, 0.3) is 177 Å². The first-order valence-corrected chi connectivity index (χ1v) is 28.2. The predicted octanol–water partition coefficient (Wildman–Crippen LogP) is 19.8. The molecule has 17 rings (SSSR count). The Bertz CT molecular complexity index is 5360. The fraction of sp³-hybridized carbons (Fsp3) is 0. The smallest absolute Gasteiger partial charge is 0.249 e. The van der Waals surface area contributed by atoms with Gasteiger partial charge in [-0.15, -0.1) is 0 Å². The number of nitrogens with zero attached hydrogens (tertiary/aromatic N) is 6. The second-order valence-electron chi connectivity index (χ2n) is 22.2. The lowest BCUT2D eigenvalue weighted by Gasteiger charge is -2.11. The fourth-order valence-electron chi connectivity index (χ4n) is 13.0. The SMILES string of the molecule is Fc1cc(F)c(-c2c3nc(c(-c4nc(F)c(F)cc4F)c4[nH]c(c(-c5nc(F)c(F)cc5F)c5nc(c(-c6nc(F)c(F)cc6F)c6[nH]c2c2cc7ccccc7cc62)-c2cc6ccccc6cc2-5)c2cc5ccccc5cc42)-c2cc4ccccc4cc2-3)nc1F. The predicted molar refractivity (Wildman–Crippen MR) is 327 cm³/mol. The lowest BCUT2D eigenvalue weighted by molar-refractivity contribution is 0.466. The van der Waals surface area contributed by atoms with Crippen molar-refractivity contribution >= 4 is 86.7 Å². The summed E-state index contributed by atoms with van der Waals surface area (Å²) in [7, 11) is 0. The molecule has 0 saturated carbocycles. The summed E-state index contributed by atoms with van der Waals surface area (Å²) in [6.45, 7) is 0. The number of aromatic amines is 2. The van der Waals surface area contributed by atoms with Gasteiger partial charge in [-0.1, -0.05) is 97.1 Å². The molecule has 14 aromatic rings. The van der Waals surface area contributed by atoms with E-state index in [-0.39, 0.29) is 113 Å². The van der Waals surface area contributed by atoms with Gasteiger partial charge in [0.05, 0.1) is 67.1 Å². The molecular weight excluding hydrogens is 1200 g/mol. The third kappa shape index (κ3) is 8.08. The van der Waals surface area contributed by atoms with E-state index in [2.05, 4.69) is 29.9 Å². The van der Waals surface area contributed by atoms with E-state index in [4.69, 9.17) is 9.97 Å². The van der Waals surface area contributed by atoms with E-state index in [1.54, 1.807) is 146 Å². The maximum Gasteiger partial charge on any atom is 0.249 e. The Kier molecular flexibility index (Phi) is 11.7. The first kappa shape index (κ1) is 54.4. The maximum atomic E-state index is 17.5. The number of aromatic nitrogens is 8. The van der Waals surface area contributed by atoms with Crippen LogP contribution in [0.1, 0.15) is 0 Å². The first-order valence-electron chi connectivity index (χ1n) is 28.2. The lowest BCUT2D eigenvalue weighted by atomic mass is 9.92. The van der Waals surface area contributed by atoms with Crippen LogP contribution in [0.15, 0.2) is 170 Å². The molecule has 0 spiro atoms. The number of hydrogen-bond donors (Lipinski definition) is 2. The van der Waals surface area contributed by atoms with Crippen molar-refractivity contribution in [2.75, 3.05) is 0 Å². The van der Waals surface area contributed by atoms with E-state index in [1.807, 2.05) is 0 Å². The van der Waals surface area contributed by atoms with Crippen molar-refractivity contribution in [2.24, 2.45) is 0 Å². The van der Waals surface area contributed by atoms with Gasteiger partial charge >= 0.3 is 0 Å². The Morgan fingerprint density at radius 1 is 0.207 bits per heavy atom. The molecule has 8 heterocycles. The summed E-state index contributed by atoms with van der Waals surface area (Å²) < 4.78 is 197. The highest BCUT2D eigenvalue weighted by Gasteiger charge is 2.35. The van der Waals surface area contributed by atoms with Crippen molar-refractivity contribution < 1.29 is 52.7 Å². The van der Waals surface area contributed by atoms with Gasteiger partial charge < -0.3 is 9.97 Å². The van der Waals surface area contributed by atoms with E-state index in [1.165, 1.54) is 0 Å². The van der Waals surface area contributed by atoms with E-state index in [0.29, 0.717) is 43.1 Å². The summed E-state index contributed by atoms with van der Waals surface area (Å²) in [5, 5.41) is 4.32. The van der Waals surface area contributed by atoms with Crippen molar-refractivity contribution in [1.29, 1.82) is 0 Å². The van der Waals surface area contributed by atoms with Crippen molar-refractivity contribution in [3.8, 4) is 90.1 Å². The molecule has 0 atom stereocenters. The van der Waals surface area contributed by atoms with Gasteiger partial charge in [0.2, 0.25) is 23.8 Å². The van der Waals surface area contributed by atoms with Gasteiger partial charge in [0.1, 0.15) is 22.8 Å². The molecule has 20 heteroatoms. The van der Waals surface area contributed by atoms with Gasteiger partial charge in [0.15, 0.2) is 46.5 Å². The number of rotatable bonds is 4. The average molecular weight is 1240 g/mol. The van der Waals surface area contributed by atoms with Gasteiger partial charge in [0.25, 0.3) is 0 Å². The van der Waals surface area contributed by atoms with Crippen LogP contribution in [0, 0.1) is 70.3 Å². The summed E-state index contributed by atoms with van der Waals surface area (Å²) in [6.07, 6.45) is 0. The molecule has 2 aliphatic heterocycles. The molecule has 0 fully saturated rings. The van der Waals surface area contributed by atoms with Gasteiger partial charge in [-0.2, -0.15) is 17.6 Å². The van der Waals surface area contributed by atoms with Crippen LogP contribution in [0.4, 0.5) is 52.7 Å². The largest absolute Gasteiger partial charge is 0.353 e. The van der Waals surface area contributed by atoms with Crippen molar-refractivity contribution in [3.63, 3.8) is 0 Å². The number of hydrogen-bond acceptors (Lipinski definition) is 6. The number of nitrogens with one attached hydrogen (secondary N) is 2. The second kappa shape index (κ2) is 19.9. The van der Waals surface area contributed by atoms with E-state index >= 15 is 52.7 Å². The highest BCUT2D eigenvalue weighted by atomic mass is 19.2. The third-order valence-electron chi connectivity index (χ3n) is 17.0. The van der Waals surface area contributed by atoms with Crippen LogP contribution in [0.5, 0.6) is 0 Å². The van der Waals surface area contributed by atoms with Crippen LogP contribution in [0.2, 0.25) is 0 Å². The zero-order valence-corrected chi connectivity index (χ0v) is 46.4. The number of H-pyrrole nitrogens is 2. The zero-order valence-electron chi connectivity index (χ0n) is 46.4. The third-order valence-corrected chi connectivity index (χ3v) is 17.0. The van der Waals surface area contributed by atoms with Crippen LogP contribution in [-0.4, -0.2) is 39.9 Å². The van der Waals surface area contributed by atoms with Crippen LogP contribution < -0.4 is 0 Å². The molecule has 92 heavy (non-hydrogen) atoms. The monoisotopic (exact) mass is 1230 g/mol. The molecule has 0 unspecified atom stereocenters. The highest BCUT2D eigenvalue weighted by Crippen LogP contribution is 2.54. The van der Waals surface area contributed by atoms with E-state index in [0.717, 1.165) is 0 Å². The number of halogens is 12. The molecule has 0 amide bonds. The van der Waals surface area contributed by atoms with Crippen LogP contribution in [0.3, 0.4) is 0 Å². The molecule has 442 valence electrons. The normalized spacial score (nSPS) is 12.1. The molecule has 3 aliphatic rings. The van der Waals surface area contributed by atoms with Crippen molar-refractivity contribution in [2.45, 2.75) is 0 Å². The Hall–Kier alpha value is -11.8. The molecular formula is C72H30F12N8. The number of benzene rings is 8. The molecule has 0 saturated heterocycles. The average Bonchev–Trinajstić information content (AvgIpc) is 1.55. The summed E-state index contributed by atoms with van der Waals surface area (Å²) in [5.74, 6) is -19.8. The molecule has 8 bridgehead atoms. The highest BCUT2D eigenvalue weighted by molar-refractivity contribution is 6.24. The molecule has 8 aromatic carbocycles. The minimum Gasteiger partial charge on any atom is -0.353 e. The zero-order chi connectivity index (χ0) is 62.9. The van der Waals surface area contributed by atoms with Gasteiger partial charge in [-0.25, -0.2) is 65.0 Å². The number of fused-ring (bicyclic) bond motifs is 4. The van der Waals surface area contributed by atoms with E-state index in [9.17, 15) is 0 Å². The van der Waals surface area contributed by atoms with Gasteiger partial charge in [0, 0.05) is 68.1 Å². The molecule has 0 radical (unpaired) electrons. The summed E-state index contributed by atoms with van der Waals surface area (Å²) in [5.41, 5.74) is -7.39. The second-order valence-corrected chi connectivity index (χ2v) is 22.2. The topological polar surface area (TPSA) is 109 Å². The van der Waals surface area contributed by atoms with Crippen molar-refractivity contribution in [3.05, 3.63) is 240 Å². The minimum absolute atomic E-state index is 0.0497. The Morgan fingerprint density at radius 2 is 0.402 bits per heavy atom. The van der Waals surface area contributed by atoms with Crippen LogP contribution in [-0.2, 0) is 0 Å². The fourth-order valence-corrected chi connectivity index (χ4v) is 13.0. The Balaban J connectivity index is 1.26. The molecule has 2 N–H and O–H groups in total. The minimum atomic E-state index is -1.78. The quantitative estimate of drug-likeness (QED) is 0.134. The summed E-state index contributed by atoms with van der Waals surface area (Å²) in [4.78, 5) is 32.7. The van der Waals surface area contributed by atoms with Crippen molar-refractivity contribution in [1.82, 2.24) is 39.9 Å².